The molecule has 0 saturated heterocycles. The van der Waals surface area contributed by atoms with Crippen LogP contribution in [-0.4, -0.2) is 59.3 Å². The average molecular weight is 354 g/mol. The topological polar surface area (TPSA) is 74.7 Å². The molecule has 0 fully saturated rings. The zero-order chi connectivity index (χ0) is 18.8. The van der Waals surface area contributed by atoms with Crippen molar-refractivity contribution < 1.29 is 14.4 Å². The molecule has 1 aliphatic heterocycles. The van der Waals surface area contributed by atoms with E-state index in [4.69, 9.17) is 0 Å². The number of nitrogens with one attached hydrogen (secondary N) is 1. The summed E-state index contributed by atoms with van der Waals surface area (Å²) in [6.07, 6.45) is 1.95. The van der Waals surface area contributed by atoms with Gasteiger partial charge in [0, 0.05) is 25.5 Å². The van der Waals surface area contributed by atoms with Crippen molar-refractivity contribution in [3.05, 3.63) is 59.4 Å². The van der Waals surface area contributed by atoms with E-state index in [-0.39, 0.29) is 18.5 Å². The van der Waals surface area contributed by atoms with E-state index in [1.807, 2.05) is 48.9 Å². The van der Waals surface area contributed by atoms with Crippen LogP contribution in [0.4, 0.5) is 0 Å². The minimum Gasteiger partial charge on any atom is -0.353 e. The molecule has 3 amide bonds. The third kappa shape index (κ3) is 3.25. The van der Waals surface area contributed by atoms with Gasteiger partial charge in [-0.25, -0.2) is 0 Å². The number of hydrogen-bond acceptors (Lipinski definition) is 4. The third-order valence-corrected chi connectivity index (χ3v) is 4.62. The van der Waals surface area contributed by atoms with Crippen molar-refractivity contribution in [2.75, 3.05) is 27.2 Å². The standard InChI is InChI=1S/C19H22N4O3/c1-21(2)16(15-9-6-10-22(15)3)11-20-17(24)12-23-18(25)13-7-4-5-8-14(13)19(23)26/h4-10,16H,11-12H2,1-3H3,(H,20,24). The highest BCUT2D eigenvalue weighted by Gasteiger charge is 2.36. The van der Waals surface area contributed by atoms with Gasteiger partial charge in [-0.15, -0.1) is 0 Å². The van der Waals surface area contributed by atoms with Gasteiger partial charge in [-0.3, -0.25) is 24.2 Å². The molecule has 1 aliphatic rings. The maximum atomic E-state index is 12.3. The normalized spacial score (nSPS) is 14.7. The zero-order valence-electron chi connectivity index (χ0n) is 15.1. The van der Waals surface area contributed by atoms with E-state index in [0.29, 0.717) is 17.7 Å². The van der Waals surface area contributed by atoms with Crippen LogP contribution in [0.1, 0.15) is 32.5 Å². The fourth-order valence-corrected chi connectivity index (χ4v) is 3.16. The van der Waals surface area contributed by atoms with E-state index in [0.717, 1.165) is 10.6 Å². The Bertz CT molecular complexity index is 821. The lowest BCUT2D eigenvalue weighted by Crippen LogP contribution is -2.43. The number of carbonyl (C=O) groups excluding carboxylic acids is 3. The highest BCUT2D eigenvalue weighted by molar-refractivity contribution is 6.22. The molecule has 1 N–H and O–H groups in total. The van der Waals surface area contributed by atoms with Crippen LogP contribution in [0, 0.1) is 0 Å². The Morgan fingerprint density at radius 3 is 2.19 bits per heavy atom. The number of imide groups is 1. The molecule has 1 atom stereocenters. The Labute approximate surface area is 152 Å². The van der Waals surface area contributed by atoms with Crippen molar-refractivity contribution in [1.82, 2.24) is 19.7 Å². The Hall–Kier alpha value is -2.93. The van der Waals surface area contributed by atoms with E-state index in [1.165, 1.54) is 0 Å². The predicted molar refractivity (Wildman–Crippen MR) is 96.7 cm³/mol. The highest BCUT2D eigenvalue weighted by atomic mass is 16.2. The van der Waals surface area contributed by atoms with Crippen LogP contribution in [0.3, 0.4) is 0 Å². The van der Waals surface area contributed by atoms with Crippen LogP contribution in [-0.2, 0) is 11.8 Å². The summed E-state index contributed by atoms with van der Waals surface area (Å²) in [6.45, 7) is 0.104. The number of rotatable bonds is 6. The molecule has 1 aromatic carbocycles. The Balaban J connectivity index is 1.64. The summed E-state index contributed by atoms with van der Waals surface area (Å²) < 4.78 is 2.00. The summed E-state index contributed by atoms with van der Waals surface area (Å²) in [6, 6.07) is 10.6. The molecule has 7 nitrogen and oxygen atoms in total. The lowest BCUT2D eigenvalue weighted by atomic mass is 10.1. The van der Waals surface area contributed by atoms with Gasteiger partial charge in [0.2, 0.25) is 5.91 Å². The fraction of sp³-hybridized carbons (Fsp3) is 0.316. The summed E-state index contributed by atoms with van der Waals surface area (Å²) in [5.74, 6) is -1.21. The first-order valence-electron chi connectivity index (χ1n) is 8.39. The number of aryl methyl sites for hydroxylation is 1. The number of nitrogens with zero attached hydrogens (tertiary/aromatic N) is 3. The molecule has 26 heavy (non-hydrogen) atoms. The second-order valence-corrected chi connectivity index (χ2v) is 6.57. The molecular weight excluding hydrogens is 332 g/mol. The molecule has 3 rings (SSSR count). The van der Waals surface area contributed by atoms with Crippen molar-refractivity contribution >= 4 is 17.7 Å². The highest BCUT2D eigenvalue weighted by Crippen LogP contribution is 2.22. The number of aromatic nitrogens is 1. The first kappa shape index (κ1) is 17.9. The lowest BCUT2D eigenvalue weighted by Gasteiger charge is -2.25. The van der Waals surface area contributed by atoms with E-state index < -0.39 is 11.8 Å². The lowest BCUT2D eigenvalue weighted by molar-refractivity contribution is -0.121. The third-order valence-electron chi connectivity index (χ3n) is 4.62. The average Bonchev–Trinajstić information content (AvgIpc) is 3.13. The summed E-state index contributed by atoms with van der Waals surface area (Å²) >= 11 is 0. The number of likely N-dealkylation sites (N-methyl/N-ethyl adjacent to an activating group) is 1. The van der Waals surface area contributed by atoms with Crippen LogP contribution in [0.5, 0.6) is 0 Å². The molecule has 136 valence electrons. The number of benzene rings is 1. The van der Waals surface area contributed by atoms with Crippen molar-refractivity contribution in [3.63, 3.8) is 0 Å². The van der Waals surface area contributed by atoms with Gasteiger partial charge in [-0.05, 0) is 38.4 Å². The largest absolute Gasteiger partial charge is 0.353 e. The van der Waals surface area contributed by atoms with Crippen LogP contribution in [0.25, 0.3) is 0 Å². The van der Waals surface area contributed by atoms with Crippen LogP contribution >= 0.6 is 0 Å². The summed E-state index contributed by atoms with van der Waals surface area (Å²) in [4.78, 5) is 40.0. The minimum atomic E-state index is -0.424. The molecule has 0 bridgehead atoms. The van der Waals surface area contributed by atoms with Crippen LogP contribution < -0.4 is 5.32 Å². The van der Waals surface area contributed by atoms with Gasteiger partial charge in [0.05, 0.1) is 17.2 Å². The molecule has 2 aromatic rings. The Kier molecular flexibility index (Phi) is 4.90. The monoisotopic (exact) mass is 354 g/mol. The molecule has 7 heteroatoms. The van der Waals surface area contributed by atoms with Gasteiger partial charge in [-0.2, -0.15) is 0 Å². The van der Waals surface area contributed by atoms with Gasteiger partial charge < -0.3 is 9.88 Å². The molecule has 1 unspecified atom stereocenters. The Morgan fingerprint density at radius 1 is 1.08 bits per heavy atom. The van der Waals surface area contributed by atoms with Gasteiger partial charge in [0.1, 0.15) is 6.54 Å². The van der Waals surface area contributed by atoms with Crippen molar-refractivity contribution in [3.8, 4) is 0 Å². The van der Waals surface area contributed by atoms with E-state index >= 15 is 0 Å². The van der Waals surface area contributed by atoms with Gasteiger partial charge in [0.15, 0.2) is 0 Å². The number of amides is 3. The summed E-state index contributed by atoms with van der Waals surface area (Å²) in [5, 5.41) is 2.83. The summed E-state index contributed by atoms with van der Waals surface area (Å²) in [5.41, 5.74) is 1.76. The molecule has 0 saturated carbocycles. The summed E-state index contributed by atoms with van der Waals surface area (Å²) in [7, 11) is 5.83. The second kappa shape index (κ2) is 7.13. The quantitative estimate of drug-likeness (QED) is 0.787. The minimum absolute atomic E-state index is 0.0128. The van der Waals surface area contributed by atoms with Crippen LogP contribution in [0.15, 0.2) is 42.6 Å². The maximum Gasteiger partial charge on any atom is 0.262 e. The van der Waals surface area contributed by atoms with Crippen molar-refractivity contribution in [2.45, 2.75) is 6.04 Å². The molecule has 2 heterocycles. The van der Waals surface area contributed by atoms with Gasteiger partial charge in [0.25, 0.3) is 11.8 Å². The fourth-order valence-electron chi connectivity index (χ4n) is 3.16. The number of fused-ring (bicyclic) bond motifs is 1. The van der Waals surface area contributed by atoms with Crippen LogP contribution in [0.2, 0.25) is 0 Å². The van der Waals surface area contributed by atoms with E-state index in [2.05, 4.69) is 5.32 Å². The first-order chi connectivity index (χ1) is 12.4. The smallest absolute Gasteiger partial charge is 0.262 e. The van der Waals surface area contributed by atoms with Gasteiger partial charge >= 0.3 is 0 Å². The molecule has 0 aliphatic carbocycles. The molecule has 1 aromatic heterocycles. The van der Waals surface area contributed by atoms with Gasteiger partial charge in [-0.1, -0.05) is 12.1 Å². The number of hydrogen-bond donors (Lipinski definition) is 1. The van der Waals surface area contributed by atoms with Crippen molar-refractivity contribution in [2.24, 2.45) is 7.05 Å². The zero-order valence-corrected chi connectivity index (χ0v) is 15.1. The number of carbonyl (C=O) groups is 3. The SMILES string of the molecule is CN(C)C(CNC(=O)CN1C(=O)c2ccccc2C1=O)c1cccn1C. The van der Waals surface area contributed by atoms with Crippen molar-refractivity contribution in [1.29, 1.82) is 0 Å². The van der Waals surface area contributed by atoms with E-state index in [9.17, 15) is 14.4 Å². The van der Waals surface area contributed by atoms with E-state index in [1.54, 1.807) is 24.3 Å². The first-order valence-corrected chi connectivity index (χ1v) is 8.39. The maximum absolute atomic E-state index is 12.3. The predicted octanol–water partition coefficient (Wildman–Crippen LogP) is 1.04. The molecular formula is C19H22N4O3. The Morgan fingerprint density at radius 2 is 1.69 bits per heavy atom. The molecule has 0 spiro atoms. The molecule has 0 radical (unpaired) electrons. The second-order valence-electron chi connectivity index (χ2n) is 6.57.